The van der Waals surface area contributed by atoms with Crippen LogP contribution in [0.25, 0.3) is 11.2 Å². The highest BCUT2D eigenvalue weighted by Crippen LogP contribution is 2.41. The van der Waals surface area contributed by atoms with Crippen molar-refractivity contribution in [1.29, 1.82) is 0 Å². The molecule has 0 aliphatic carbocycles. The molecule has 11 heteroatoms. The van der Waals surface area contributed by atoms with Gasteiger partial charge in [0.25, 0.3) is 0 Å². The predicted molar refractivity (Wildman–Crippen MR) is 160 cm³/mol. The Balaban J connectivity index is 1.97. The Bertz CT molecular complexity index is 1560. The summed E-state index contributed by atoms with van der Waals surface area (Å²) in [6, 6.07) is 20.2. The number of nitrogens with zero attached hydrogens (tertiary/aromatic N) is 4. The number of imidazole rings is 1. The van der Waals surface area contributed by atoms with Gasteiger partial charge in [-0.2, -0.15) is 4.98 Å². The number of rotatable bonds is 7. The molecule has 216 valence electrons. The fraction of sp³-hybridized carbons (Fsp3) is 0.400. The number of aliphatic hydroxyl groups is 2. The number of nitrogens with one attached hydrogen (secondary N) is 1. The summed E-state index contributed by atoms with van der Waals surface area (Å²) in [6.45, 7) is 9.71. The molecule has 0 bridgehead atoms. The Hall–Kier alpha value is -3.64. The maximum absolute atomic E-state index is 13.5. The lowest BCUT2D eigenvalue weighted by molar-refractivity contribution is -0.118. The Kier molecular flexibility index (Phi) is 7.73. The first-order valence-electron chi connectivity index (χ1n) is 13.9. The number of aromatic nitrogens is 4. The Morgan fingerprint density at radius 3 is 2.17 bits per heavy atom. The number of benzene rings is 2. The molecule has 0 spiro atoms. The van der Waals surface area contributed by atoms with E-state index >= 15 is 0 Å². The van der Waals surface area contributed by atoms with Gasteiger partial charge in [0.15, 0.2) is 5.52 Å². The molecule has 1 unspecified atom stereocenters. The van der Waals surface area contributed by atoms with Crippen LogP contribution in [0.5, 0.6) is 0 Å². The SMILES string of the molecule is CC(C)C(=O)Nc1nc(=O)c2ncn([C@H]3CC(O)[C@@H](CO)O3)c2n1[Si](c1ccccc1)(c1ccccc1)C(C)(C)C. The van der Waals surface area contributed by atoms with Crippen LogP contribution in [0.3, 0.4) is 0 Å². The molecule has 10 nitrogen and oxygen atoms in total. The Morgan fingerprint density at radius 2 is 1.68 bits per heavy atom. The van der Waals surface area contributed by atoms with Crippen molar-refractivity contribution < 1.29 is 19.7 Å². The van der Waals surface area contributed by atoms with Gasteiger partial charge in [-0.15, -0.1) is 0 Å². The highest BCUT2D eigenvalue weighted by molar-refractivity contribution is 7.03. The lowest BCUT2D eigenvalue weighted by atomic mass is 10.2. The van der Waals surface area contributed by atoms with Crippen LogP contribution in [-0.4, -0.2) is 61.9 Å². The van der Waals surface area contributed by atoms with Crippen molar-refractivity contribution in [1.82, 2.24) is 18.8 Å². The second kappa shape index (κ2) is 11.0. The number of ether oxygens (including phenoxy) is 1. The zero-order chi connectivity index (χ0) is 29.5. The van der Waals surface area contributed by atoms with Crippen LogP contribution in [0, 0.1) is 5.92 Å². The average molecular weight is 576 g/mol. The van der Waals surface area contributed by atoms with Gasteiger partial charge in [0.2, 0.25) is 20.1 Å². The van der Waals surface area contributed by atoms with Crippen LogP contribution in [0.4, 0.5) is 5.95 Å². The number of fused-ring (bicyclic) bond motifs is 1. The van der Waals surface area contributed by atoms with Crippen LogP contribution in [0.1, 0.15) is 47.3 Å². The summed E-state index contributed by atoms with van der Waals surface area (Å²) in [5, 5.41) is 25.0. The number of carbonyl (C=O) groups excluding carboxylic acids is 1. The monoisotopic (exact) mass is 575 g/mol. The molecule has 0 saturated carbocycles. The third-order valence-corrected chi connectivity index (χ3v) is 13.5. The van der Waals surface area contributed by atoms with E-state index in [0.29, 0.717) is 5.65 Å². The van der Waals surface area contributed by atoms with Gasteiger partial charge in [0, 0.05) is 12.3 Å². The third kappa shape index (κ3) is 4.82. The van der Waals surface area contributed by atoms with Crippen LogP contribution >= 0.6 is 0 Å². The number of hydrogen-bond donors (Lipinski definition) is 3. The van der Waals surface area contributed by atoms with E-state index in [2.05, 4.69) is 60.3 Å². The first-order valence-corrected chi connectivity index (χ1v) is 15.8. The first kappa shape index (κ1) is 28.9. The van der Waals surface area contributed by atoms with Gasteiger partial charge in [0.1, 0.15) is 18.0 Å². The normalized spacial score (nSPS) is 19.7. The number of aliphatic hydroxyl groups excluding tert-OH is 2. The molecule has 3 atom stereocenters. The maximum Gasteiger partial charge on any atom is 0.302 e. The molecule has 2 aromatic heterocycles. The van der Waals surface area contributed by atoms with E-state index in [1.54, 1.807) is 18.4 Å². The van der Waals surface area contributed by atoms with E-state index in [1.807, 2.05) is 40.6 Å². The number of hydrogen-bond acceptors (Lipinski definition) is 7. The zero-order valence-corrected chi connectivity index (χ0v) is 25.0. The zero-order valence-electron chi connectivity index (χ0n) is 24.0. The van der Waals surface area contributed by atoms with Crippen LogP contribution < -0.4 is 21.2 Å². The Morgan fingerprint density at radius 1 is 1.10 bits per heavy atom. The van der Waals surface area contributed by atoms with E-state index in [-0.39, 0.29) is 36.3 Å². The summed E-state index contributed by atoms with van der Waals surface area (Å²) in [7, 11) is -3.28. The maximum atomic E-state index is 13.5. The molecule has 3 N–H and O–H groups in total. The first-order chi connectivity index (χ1) is 19.5. The largest absolute Gasteiger partial charge is 0.394 e. The summed E-state index contributed by atoms with van der Waals surface area (Å²) in [6.07, 6.45) is -0.647. The van der Waals surface area contributed by atoms with E-state index in [0.717, 1.165) is 10.4 Å². The molecule has 3 heterocycles. The summed E-state index contributed by atoms with van der Waals surface area (Å²) in [5.41, 5.74) is -0.00976. The van der Waals surface area contributed by atoms with Crippen LogP contribution in [0.2, 0.25) is 5.04 Å². The highest BCUT2D eigenvalue weighted by atomic mass is 28.3. The summed E-state index contributed by atoms with van der Waals surface area (Å²) in [5.74, 6) is -0.505. The third-order valence-electron chi connectivity index (χ3n) is 7.86. The van der Waals surface area contributed by atoms with Gasteiger partial charge >= 0.3 is 5.56 Å². The second-order valence-corrected chi connectivity index (χ2v) is 16.4. The molecule has 4 aromatic rings. The Labute approximate surface area is 239 Å². The minimum atomic E-state index is -3.28. The van der Waals surface area contributed by atoms with Crippen molar-refractivity contribution in [2.24, 2.45) is 5.92 Å². The summed E-state index contributed by atoms with van der Waals surface area (Å²) < 4.78 is 9.82. The molecule has 1 aliphatic rings. The van der Waals surface area contributed by atoms with Gasteiger partial charge in [0.05, 0.1) is 19.0 Å². The number of carbonyl (C=O) groups is 1. The average Bonchev–Trinajstić information content (AvgIpc) is 3.54. The van der Waals surface area contributed by atoms with E-state index in [4.69, 9.17) is 4.74 Å². The van der Waals surface area contributed by atoms with Crippen LogP contribution in [-0.2, 0) is 9.53 Å². The smallest absolute Gasteiger partial charge is 0.302 e. The van der Waals surface area contributed by atoms with Gasteiger partial charge in [-0.3, -0.25) is 19.5 Å². The van der Waals surface area contributed by atoms with E-state index in [1.165, 1.54) is 6.33 Å². The number of anilines is 1. The van der Waals surface area contributed by atoms with E-state index in [9.17, 15) is 19.8 Å². The van der Waals surface area contributed by atoms with Gasteiger partial charge in [-0.1, -0.05) is 95.3 Å². The molecule has 5 rings (SSSR count). The lowest BCUT2D eigenvalue weighted by Gasteiger charge is -2.46. The van der Waals surface area contributed by atoms with Crippen molar-refractivity contribution in [3.05, 3.63) is 77.3 Å². The molecule has 1 fully saturated rings. The van der Waals surface area contributed by atoms with Gasteiger partial charge < -0.3 is 19.2 Å². The molecule has 0 radical (unpaired) electrons. The molecular weight excluding hydrogens is 538 g/mol. The second-order valence-electron chi connectivity index (χ2n) is 11.9. The molecule has 1 aliphatic heterocycles. The van der Waals surface area contributed by atoms with Crippen LogP contribution in [0.15, 0.2) is 71.8 Å². The van der Waals surface area contributed by atoms with Crippen molar-refractivity contribution in [2.75, 3.05) is 11.9 Å². The number of amides is 1. The fourth-order valence-electron chi connectivity index (χ4n) is 5.93. The standard InChI is InChI=1S/C30H37N5O5Si/c1-19(2)26(38)32-29-33-27(39)25-28(34(18-31-25)24-16-22(37)23(17-36)40-24)35(29)41(30(3,4)5,20-12-8-6-9-13-20)21-14-10-7-11-15-21/h6-15,18-19,22-24,36-37H,16-17H2,1-5H3,(H,32,33,38,39)/t22?,23-,24-/m1/s1. The minimum absolute atomic E-state index is 0.131. The highest BCUT2D eigenvalue weighted by Gasteiger charge is 2.53. The van der Waals surface area contributed by atoms with Gasteiger partial charge in [-0.25, -0.2) is 4.98 Å². The van der Waals surface area contributed by atoms with E-state index < -0.39 is 37.3 Å². The molecule has 1 saturated heterocycles. The molecule has 41 heavy (non-hydrogen) atoms. The van der Waals surface area contributed by atoms with Crippen molar-refractivity contribution >= 4 is 41.6 Å². The lowest BCUT2D eigenvalue weighted by Crippen LogP contribution is -2.70. The quantitative estimate of drug-likeness (QED) is 0.288. The molecular formula is C30H37N5O5Si. The predicted octanol–water partition coefficient (Wildman–Crippen LogP) is 2.24. The molecule has 1 amide bonds. The van der Waals surface area contributed by atoms with Gasteiger partial charge in [-0.05, 0) is 15.4 Å². The van der Waals surface area contributed by atoms with Crippen molar-refractivity contribution in [2.45, 2.75) is 64.5 Å². The van der Waals surface area contributed by atoms with Crippen molar-refractivity contribution in [3.63, 3.8) is 0 Å². The topological polar surface area (TPSA) is 132 Å². The fourth-order valence-corrected chi connectivity index (χ4v) is 11.5. The minimum Gasteiger partial charge on any atom is -0.394 e. The summed E-state index contributed by atoms with van der Waals surface area (Å²) in [4.78, 5) is 35.6. The molecule has 2 aromatic carbocycles. The summed E-state index contributed by atoms with van der Waals surface area (Å²) >= 11 is 0. The van der Waals surface area contributed by atoms with Crippen molar-refractivity contribution in [3.8, 4) is 0 Å².